The van der Waals surface area contributed by atoms with E-state index < -0.39 is 41.9 Å². The molecule has 9 nitrogen and oxygen atoms in total. The average molecular weight is 495 g/mol. The van der Waals surface area contributed by atoms with Gasteiger partial charge < -0.3 is 25.1 Å². The van der Waals surface area contributed by atoms with Crippen LogP contribution in [-0.4, -0.2) is 46.9 Å². The van der Waals surface area contributed by atoms with Crippen molar-refractivity contribution in [2.75, 3.05) is 0 Å². The lowest BCUT2D eigenvalue weighted by atomic mass is 10.1. The zero-order valence-electron chi connectivity index (χ0n) is 21.7. The summed E-state index contributed by atoms with van der Waals surface area (Å²) >= 11 is 0. The van der Waals surface area contributed by atoms with E-state index in [1.165, 1.54) is 13.1 Å². The third-order valence-electron chi connectivity index (χ3n) is 5.24. The molecule has 0 aliphatic heterocycles. The van der Waals surface area contributed by atoms with Gasteiger partial charge in [0.05, 0.1) is 0 Å². The number of aldehydes is 1. The minimum absolute atomic E-state index is 0.0538. The predicted octanol–water partition coefficient (Wildman–Crippen LogP) is 3.66. The normalized spacial score (nSPS) is 13.3. The third kappa shape index (κ3) is 7.43. The van der Waals surface area contributed by atoms with Gasteiger partial charge in [-0.3, -0.25) is 9.59 Å². The van der Waals surface area contributed by atoms with Crippen molar-refractivity contribution in [1.82, 2.24) is 15.6 Å². The van der Waals surface area contributed by atoms with E-state index in [-0.39, 0.29) is 18.6 Å². The molecule has 0 unspecified atom stereocenters. The molecule has 36 heavy (non-hydrogen) atoms. The minimum Gasteiger partial charge on any atom is -0.459 e. The molecule has 1 heterocycles. The molecule has 0 aliphatic carbocycles. The average Bonchev–Trinajstić information content (AvgIpc) is 3.25. The maximum Gasteiger partial charge on any atom is 0.408 e. The number of benzene rings is 2. The van der Waals surface area contributed by atoms with E-state index in [2.05, 4.69) is 15.6 Å². The number of aromatic nitrogens is 1. The Hall–Kier alpha value is -4.14. The molecule has 0 saturated heterocycles. The van der Waals surface area contributed by atoms with Crippen LogP contribution < -0.4 is 10.6 Å². The summed E-state index contributed by atoms with van der Waals surface area (Å²) in [4.78, 5) is 52.2. The first-order chi connectivity index (χ1) is 17.4. The Morgan fingerprint density at radius 2 is 1.81 bits per heavy atom. The summed E-state index contributed by atoms with van der Waals surface area (Å²) < 4.78 is 17.9. The molecule has 0 bridgehead atoms. The van der Waals surface area contributed by atoms with Gasteiger partial charge in [0, 0.05) is 29.1 Å². The zero-order chi connectivity index (χ0) is 27.2. The lowest BCUT2D eigenvalue weighted by Crippen LogP contribution is -2.52. The number of carbonyl (C=O) groups is 4. The van der Waals surface area contributed by atoms with E-state index in [9.17, 15) is 19.2 Å². The number of aromatic amines is 1. The Morgan fingerprint density at radius 3 is 2.47 bits per heavy atom. The number of rotatable bonds is 9. The molecule has 0 saturated carbocycles. The van der Waals surface area contributed by atoms with Crippen molar-refractivity contribution in [2.45, 2.75) is 58.4 Å². The first-order valence-electron chi connectivity index (χ1n) is 12.0. The molecule has 190 valence electrons. The highest BCUT2D eigenvalue weighted by atomic mass is 16.6. The summed E-state index contributed by atoms with van der Waals surface area (Å²) in [6, 6.07) is 12.3. The van der Waals surface area contributed by atoms with Crippen molar-refractivity contribution >= 4 is 35.1 Å². The van der Waals surface area contributed by atoms with Crippen molar-refractivity contribution in [3.05, 3.63) is 71.4 Å². The Kier molecular flexibility index (Phi) is 7.99. The van der Waals surface area contributed by atoms with Gasteiger partial charge in [-0.25, -0.2) is 9.59 Å². The van der Waals surface area contributed by atoms with Crippen LogP contribution in [0.3, 0.4) is 0 Å². The quantitative estimate of drug-likeness (QED) is 0.308. The smallest absolute Gasteiger partial charge is 0.408 e. The Balaban J connectivity index is 1.61. The number of esters is 1. The highest BCUT2D eigenvalue weighted by molar-refractivity contribution is 5.97. The van der Waals surface area contributed by atoms with E-state index in [0.29, 0.717) is 16.5 Å². The van der Waals surface area contributed by atoms with Gasteiger partial charge in [0.25, 0.3) is 0 Å². The molecular weight excluding hydrogens is 462 g/mol. The summed E-state index contributed by atoms with van der Waals surface area (Å²) in [5.74, 6) is -1.21. The van der Waals surface area contributed by atoms with Crippen LogP contribution in [-0.2, 0) is 32.1 Å². The third-order valence-corrected chi connectivity index (χ3v) is 5.24. The van der Waals surface area contributed by atoms with E-state index in [1.54, 1.807) is 39.0 Å². The monoisotopic (exact) mass is 494 g/mol. The number of fused-ring (bicyclic) bond motifs is 1. The van der Waals surface area contributed by atoms with Crippen LogP contribution in [0.2, 0.25) is 0 Å². The molecule has 3 aromatic rings. The molecule has 9 heteroatoms. The zero-order valence-corrected chi connectivity index (χ0v) is 20.7. The van der Waals surface area contributed by atoms with Crippen molar-refractivity contribution < 1.29 is 30.0 Å². The minimum atomic E-state index is -0.979. The summed E-state index contributed by atoms with van der Waals surface area (Å²) in [6.07, 6.45) is 0.132. The van der Waals surface area contributed by atoms with Gasteiger partial charge in [-0.2, -0.15) is 0 Å². The van der Waals surface area contributed by atoms with Crippen LogP contribution in [0, 0.1) is 0 Å². The van der Waals surface area contributed by atoms with Gasteiger partial charge in [-0.05, 0) is 44.9 Å². The lowest BCUT2D eigenvalue weighted by molar-refractivity contribution is -0.148. The summed E-state index contributed by atoms with van der Waals surface area (Å²) in [6.45, 7) is 6.60. The number of amides is 2. The largest absolute Gasteiger partial charge is 0.459 e. The van der Waals surface area contributed by atoms with E-state index in [4.69, 9.17) is 10.8 Å². The molecule has 0 radical (unpaired) electrons. The molecule has 0 aliphatic rings. The van der Waals surface area contributed by atoms with Gasteiger partial charge in [-0.15, -0.1) is 0 Å². The van der Waals surface area contributed by atoms with Crippen LogP contribution in [0.15, 0.2) is 54.7 Å². The van der Waals surface area contributed by atoms with Crippen molar-refractivity contribution in [1.29, 1.82) is 0 Å². The Bertz CT molecular complexity index is 1280. The van der Waals surface area contributed by atoms with Crippen LogP contribution in [0.25, 0.3) is 10.9 Å². The van der Waals surface area contributed by atoms with Crippen LogP contribution in [0.4, 0.5) is 4.79 Å². The molecule has 2 atom stereocenters. The second kappa shape index (κ2) is 11.5. The molecule has 0 spiro atoms. The number of nitrogens with one attached hydrogen (secondary N) is 3. The fourth-order valence-corrected chi connectivity index (χ4v) is 3.51. The first-order valence-corrected chi connectivity index (χ1v) is 11.5. The summed E-state index contributed by atoms with van der Waals surface area (Å²) in [5, 5.41) is 5.80. The fraction of sp³-hybridized carbons (Fsp3) is 0.333. The van der Waals surface area contributed by atoms with E-state index in [0.717, 1.165) is 5.56 Å². The second-order valence-corrected chi connectivity index (χ2v) is 9.41. The molecule has 1 aromatic heterocycles. The summed E-state index contributed by atoms with van der Waals surface area (Å²) in [7, 11) is 0. The Morgan fingerprint density at radius 1 is 1.08 bits per heavy atom. The van der Waals surface area contributed by atoms with Crippen LogP contribution >= 0.6 is 0 Å². The SMILES string of the molecule is [2H]C(=O)c1c[nH]c2cc(COC(=O)[C@H](C)NC(=O)[C@H](Cc3ccccc3)NC(=O)OC(C)(C)C)ccc12. The molecular formula is C27H31N3O6. The van der Waals surface area contributed by atoms with Crippen molar-refractivity contribution in [3.63, 3.8) is 0 Å². The first kappa shape index (κ1) is 25.0. The topological polar surface area (TPSA) is 127 Å². The number of alkyl carbamates (subject to hydrolysis) is 1. The standard InChI is InChI=1S/C27H31N3O6/c1-17(25(33)35-16-19-10-11-21-20(15-31)14-28-22(21)13-19)29-24(32)23(12-18-8-6-5-7-9-18)30-26(34)36-27(2,3)4/h5-11,13-15,17,23,28H,12,16H2,1-4H3,(H,29,32)(H,30,34)/t17-,23-/m0/s1/i15D. The molecule has 2 amide bonds. The van der Waals surface area contributed by atoms with E-state index >= 15 is 0 Å². The number of hydrogen-bond donors (Lipinski definition) is 3. The van der Waals surface area contributed by atoms with Gasteiger partial charge in [0.1, 0.15) is 25.7 Å². The Labute approximate surface area is 211 Å². The van der Waals surface area contributed by atoms with Gasteiger partial charge in [0.15, 0.2) is 6.26 Å². The number of carbonyl (C=O) groups excluding carboxylic acids is 4. The molecule has 3 rings (SSSR count). The predicted molar refractivity (Wildman–Crippen MR) is 134 cm³/mol. The molecule has 3 N–H and O–H groups in total. The number of ether oxygens (including phenoxy) is 2. The highest BCUT2D eigenvalue weighted by Crippen LogP contribution is 2.19. The van der Waals surface area contributed by atoms with Crippen LogP contribution in [0.5, 0.6) is 0 Å². The number of hydrogen-bond acceptors (Lipinski definition) is 6. The lowest BCUT2D eigenvalue weighted by Gasteiger charge is -2.24. The second-order valence-electron chi connectivity index (χ2n) is 9.41. The summed E-state index contributed by atoms with van der Waals surface area (Å²) in [5.41, 5.74) is 1.65. The molecule has 0 fully saturated rings. The van der Waals surface area contributed by atoms with Crippen molar-refractivity contribution in [2.24, 2.45) is 0 Å². The maximum atomic E-state index is 13.0. The van der Waals surface area contributed by atoms with Crippen molar-refractivity contribution in [3.8, 4) is 0 Å². The van der Waals surface area contributed by atoms with Gasteiger partial charge in [-0.1, -0.05) is 42.5 Å². The maximum absolute atomic E-state index is 13.0. The van der Waals surface area contributed by atoms with Gasteiger partial charge >= 0.3 is 12.1 Å². The molecule has 2 aromatic carbocycles. The number of H-pyrrole nitrogens is 1. The van der Waals surface area contributed by atoms with Gasteiger partial charge in [0.2, 0.25) is 5.91 Å². The van der Waals surface area contributed by atoms with Crippen LogP contribution in [0.1, 0.15) is 50.6 Å². The highest BCUT2D eigenvalue weighted by Gasteiger charge is 2.27. The van der Waals surface area contributed by atoms with E-state index in [1.807, 2.05) is 30.3 Å². The fourth-order valence-electron chi connectivity index (χ4n) is 3.51.